The van der Waals surface area contributed by atoms with Gasteiger partial charge in [-0.2, -0.15) is 0 Å². The van der Waals surface area contributed by atoms with Gasteiger partial charge in [0.1, 0.15) is 11.1 Å². The molecule has 0 spiro atoms. The van der Waals surface area contributed by atoms with Gasteiger partial charge in [-0.15, -0.1) is 0 Å². The lowest BCUT2D eigenvalue weighted by Crippen LogP contribution is -2.10. The van der Waals surface area contributed by atoms with Crippen LogP contribution < -0.4 is 4.90 Å². The Hall–Kier alpha value is -6.13. The highest BCUT2D eigenvalue weighted by Gasteiger charge is 2.20. The molecule has 0 saturated heterocycles. The molecule has 0 unspecified atom stereocenters. The van der Waals surface area contributed by atoms with E-state index in [0.29, 0.717) is 0 Å². The van der Waals surface area contributed by atoms with Crippen molar-refractivity contribution < 1.29 is 4.42 Å². The minimum atomic E-state index is 0.771. The summed E-state index contributed by atoms with van der Waals surface area (Å²) in [4.78, 5) is 6.93. The van der Waals surface area contributed by atoms with E-state index in [1.54, 1.807) is 0 Å². The Labute approximate surface area is 260 Å². The maximum absolute atomic E-state index is 6.39. The van der Waals surface area contributed by atoms with E-state index in [2.05, 4.69) is 137 Å². The van der Waals surface area contributed by atoms with Crippen LogP contribution in [-0.2, 0) is 0 Å². The second-order valence-electron chi connectivity index (χ2n) is 11.2. The molecule has 0 amide bonds. The lowest BCUT2D eigenvalue weighted by molar-refractivity contribution is 0.668. The standard InChI is InChI=1S/C41H27N3O/c1-2-10-30(11-3-1)43(38-26-27-42-40-35-14-6-9-17-39(35)45-41(38)40)31-22-18-28(19-23-31)29-20-24-32(25-21-29)44-36-15-7-4-12-33(36)34-13-5-8-16-37(34)44/h1-27H. The maximum atomic E-state index is 6.39. The third kappa shape index (κ3) is 4.11. The molecular formula is C41H27N3O. The topological polar surface area (TPSA) is 34.2 Å². The van der Waals surface area contributed by atoms with Crippen molar-refractivity contribution in [1.29, 1.82) is 0 Å². The summed E-state index contributed by atoms with van der Waals surface area (Å²) >= 11 is 0. The molecule has 0 aliphatic heterocycles. The molecule has 45 heavy (non-hydrogen) atoms. The van der Waals surface area contributed by atoms with E-state index in [0.717, 1.165) is 50.4 Å². The van der Waals surface area contributed by atoms with Gasteiger partial charge in [0.05, 0.1) is 16.7 Å². The van der Waals surface area contributed by atoms with Crippen LogP contribution in [-0.4, -0.2) is 9.55 Å². The summed E-state index contributed by atoms with van der Waals surface area (Å²) in [6.07, 6.45) is 1.86. The summed E-state index contributed by atoms with van der Waals surface area (Å²) in [5.41, 5.74) is 11.4. The normalized spacial score (nSPS) is 11.6. The Morgan fingerprint density at radius 3 is 1.73 bits per heavy atom. The summed E-state index contributed by atoms with van der Waals surface area (Å²) in [7, 11) is 0. The van der Waals surface area contributed by atoms with Gasteiger partial charge in [-0.25, -0.2) is 0 Å². The monoisotopic (exact) mass is 577 g/mol. The van der Waals surface area contributed by atoms with Crippen molar-refractivity contribution in [2.24, 2.45) is 0 Å². The van der Waals surface area contributed by atoms with Crippen molar-refractivity contribution in [2.45, 2.75) is 0 Å². The third-order valence-electron chi connectivity index (χ3n) is 8.66. The summed E-state index contributed by atoms with van der Waals surface area (Å²) in [5, 5.41) is 3.55. The lowest BCUT2D eigenvalue weighted by atomic mass is 10.0. The smallest absolute Gasteiger partial charge is 0.177 e. The highest BCUT2D eigenvalue weighted by Crippen LogP contribution is 2.41. The zero-order valence-corrected chi connectivity index (χ0v) is 24.3. The quantitative estimate of drug-likeness (QED) is 0.204. The molecule has 0 fully saturated rings. The fourth-order valence-corrected chi connectivity index (χ4v) is 6.58. The van der Waals surface area contributed by atoms with E-state index in [1.165, 1.54) is 27.4 Å². The fraction of sp³-hybridized carbons (Fsp3) is 0. The zero-order valence-electron chi connectivity index (χ0n) is 24.3. The molecule has 0 saturated carbocycles. The molecule has 3 aromatic heterocycles. The molecule has 3 heterocycles. The van der Waals surface area contributed by atoms with Gasteiger partial charge in [-0.1, -0.05) is 91.0 Å². The Balaban J connectivity index is 1.11. The number of furan rings is 1. The van der Waals surface area contributed by atoms with Gasteiger partial charge in [0.25, 0.3) is 0 Å². The van der Waals surface area contributed by atoms with Crippen LogP contribution in [0.25, 0.3) is 60.7 Å². The minimum Gasteiger partial charge on any atom is -0.452 e. The van der Waals surface area contributed by atoms with E-state index < -0.39 is 0 Å². The highest BCUT2D eigenvalue weighted by atomic mass is 16.3. The van der Waals surface area contributed by atoms with Crippen LogP contribution in [0.4, 0.5) is 17.1 Å². The molecule has 9 aromatic rings. The second kappa shape index (κ2) is 10.2. The van der Waals surface area contributed by atoms with Crippen LogP contribution in [0.15, 0.2) is 168 Å². The van der Waals surface area contributed by atoms with Gasteiger partial charge < -0.3 is 13.9 Å². The summed E-state index contributed by atoms with van der Waals surface area (Å²) in [6.45, 7) is 0. The second-order valence-corrected chi connectivity index (χ2v) is 11.2. The Bertz CT molecular complexity index is 2420. The van der Waals surface area contributed by atoms with Crippen LogP contribution in [0.3, 0.4) is 0 Å². The number of benzene rings is 6. The first-order chi connectivity index (χ1) is 22.3. The molecule has 0 aliphatic rings. The van der Waals surface area contributed by atoms with Crippen molar-refractivity contribution in [3.63, 3.8) is 0 Å². The summed E-state index contributed by atoms with van der Waals surface area (Å²) in [5.74, 6) is 0. The molecule has 0 radical (unpaired) electrons. The van der Waals surface area contributed by atoms with Crippen LogP contribution in [0.5, 0.6) is 0 Å². The zero-order chi connectivity index (χ0) is 29.7. The van der Waals surface area contributed by atoms with Crippen LogP contribution >= 0.6 is 0 Å². The first-order valence-corrected chi connectivity index (χ1v) is 15.1. The molecule has 0 N–H and O–H groups in total. The predicted octanol–water partition coefficient (Wildman–Crippen LogP) is 11.2. The number of nitrogens with zero attached hydrogens (tertiary/aromatic N) is 3. The lowest BCUT2D eigenvalue weighted by Gasteiger charge is -2.25. The Morgan fingerprint density at radius 1 is 0.489 bits per heavy atom. The van der Waals surface area contributed by atoms with Crippen LogP contribution in [0.2, 0.25) is 0 Å². The molecule has 0 atom stereocenters. The molecular weight excluding hydrogens is 550 g/mol. The SMILES string of the molecule is c1ccc(N(c2ccc(-c3ccc(-n4c5ccccc5c5ccccc54)cc3)cc2)c2ccnc3c2oc2ccccc23)cc1. The number of aromatic nitrogens is 2. The van der Waals surface area contributed by atoms with Crippen LogP contribution in [0.1, 0.15) is 0 Å². The van der Waals surface area contributed by atoms with E-state index in [-0.39, 0.29) is 0 Å². The van der Waals surface area contributed by atoms with Crippen molar-refractivity contribution >= 4 is 60.9 Å². The van der Waals surface area contributed by atoms with Gasteiger partial charge in [0.2, 0.25) is 0 Å². The minimum absolute atomic E-state index is 0.771. The molecule has 4 nitrogen and oxygen atoms in total. The van der Waals surface area contributed by atoms with Gasteiger partial charge in [0, 0.05) is 39.4 Å². The Kier molecular flexibility index (Phi) is 5.78. The number of pyridine rings is 1. The van der Waals surface area contributed by atoms with E-state index in [1.807, 2.05) is 36.5 Å². The van der Waals surface area contributed by atoms with Crippen molar-refractivity contribution in [3.05, 3.63) is 164 Å². The average molecular weight is 578 g/mol. The summed E-state index contributed by atoms with van der Waals surface area (Å²) in [6, 6.07) is 55.3. The highest BCUT2D eigenvalue weighted by molar-refractivity contribution is 6.09. The first-order valence-electron chi connectivity index (χ1n) is 15.1. The molecule has 9 rings (SSSR count). The number of anilines is 3. The fourth-order valence-electron chi connectivity index (χ4n) is 6.58. The largest absolute Gasteiger partial charge is 0.452 e. The number of rotatable bonds is 5. The summed E-state index contributed by atoms with van der Waals surface area (Å²) < 4.78 is 8.74. The van der Waals surface area contributed by atoms with Gasteiger partial charge in [-0.05, 0) is 77.9 Å². The number of hydrogen-bond donors (Lipinski definition) is 0. The van der Waals surface area contributed by atoms with Crippen molar-refractivity contribution in [3.8, 4) is 16.8 Å². The van der Waals surface area contributed by atoms with E-state index >= 15 is 0 Å². The Morgan fingerprint density at radius 2 is 1.04 bits per heavy atom. The van der Waals surface area contributed by atoms with Gasteiger partial charge in [0.15, 0.2) is 5.58 Å². The van der Waals surface area contributed by atoms with Gasteiger partial charge in [-0.3, -0.25) is 4.98 Å². The molecule has 212 valence electrons. The number of hydrogen-bond acceptors (Lipinski definition) is 3. The molecule has 4 heteroatoms. The number of fused-ring (bicyclic) bond motifs is 6. The van der Waals surface area contributed by atoms with Crippen LogP contribution in [0, 0.1) is 0 Å². The molecule has 6 aromatic carbocycles. The maximum Gasteiger partial charge on any atom is 0.177 e. The third-order valence-corrected chi connectivity index (χ3v) is 8.66. The van der Waals surface area contributed by atoms with E-state index in [9.17, 15) is 0 Å². The predicted molar refractivity (Wildman–Crippen MR) is 186 cm³/mol. The molecule has 0 bridgehead atoms. The van der Waals surface area contributed by atoms with Crippen molar-refractivity contribution in [2.75, 3.05) is 4.90 Å². The van der Waals surface area contributed by atoms with Gasteiger partial charge >= 0.3 is 0 Å². The molecule has 0 aliphatic carbocycles. The number of para-hydroxylation sites is 4. The van der Waals surface area contributed by atoms with Crippen molar-refractivity contribution in [1.82, 2.24) is 9.55 Å². The van der Waals surface area contributed by atoms with E-state index in [4.69, 9.17) is 9.40 Å². The first kappa shape index (κ1) is 25.4. The average Bonchev–Trinajstić information content (AvgIpc) is 3.66.